The highest BCUT2D eigenvalue weighted by Crippen LogP contribution is 2.27. The lowest BCUT2D eigenvalue weighted by Gasteiger charge is -2.09. The molecule has 30 heavy (non-hydrogen) atoms. The summed E-state index contributed by atoms with van der Waals surface area (Å²) in [6, 6.07) is 14.4. The number of hydrogen-bond donors (Lipinski definition) is 1. The van der Waals surface area contributed by atoms with Crippen LogP contribution in [0.15, 0.2) is 67.3 Å². The van der Waals surface area contributed by atoms with Crippen molar-refractivity contribution in [3.63, 3.8) is 0 Å². The van der Waals surface area contributed by atoms with Gasteiger partial charge in [-0.1, -0.05) is 48.6 Å². The van der Waals surface area contributed by atoms with Crippen LogP contribution in [-0.4, -0.2) is 11.7 Å². The van der Waals surface area contributed by atoms with Gasteiger partial charge in [0.1, 0.15) is 0 Å². The Bertz CT molecular complexity index is 1060. The van der Waals surface area contributed by atoms with Crippen LogP contribution < -0.4 is 4.74 Å². The van der Waals surface area contributed by atoms with E-state index in [1.807, 2.05) is 12.1 Å². The van der Waals surface area contributed by atoms with Crippen molar-refractivity contribution < 1.29 is 23.0 Å². The van der Waals surface area contributed by atoms with E-state index in [1.54, 1.807) is 36.4 Å². The maximum Gasteiger partial charge on any atom is 0.200 e. The van der Waals surface area contributed by atoms with Gasteiger partial charge in [-0.15, -0.1) is 6.58 Å². The molecular weight excluding hydrogens is 389 g/mol. The molecule has 2 nitrogen and oxygen atoms in total. The minimum atomic E-state index is -1.28. The van der Waals surface area contributed by atoms with E-state index in [9.17, 15) is 18.3 Å². The van der Waals surface area contributed by atoms with Gasteiger partial charge in [0, 0.05) is 5.56 Å². The summed E-state index contributed by atoms with van der Waals surface area (Å²) in [6.07, 6.45) is 6.43. The zero-order valence-corrected chi connectivity index (χ0v) is 16.2. The van der Waals surface area contributed by atoms with Crippen LogP contribution in [0.3, 0.4) is 0 Å². The molecule has 0 spiro atoms. The Labute approximate surface area is 173 Å². The maximum absolute atomic E-state index is 14.3. The summed E-state index contributed by atoms with van der Waals surface area (Å²) in [5, 5.41) is 9.17. The fourth-order valence-corrected chi connectivity index (χ4v) is 2.86. The summed E-state index contributed by atoms with van der Waals surface area (Å²) in [7, 11) is 0. The molecule has 3 aromatic rings. The number of phenols is 1. The molecule has 3 rings (SSSR count). The second kappa shape index (κ2) is 9.83. The highest BCUT2D eigenvalue weighted by molar-refractivity contribution is 5.72. The Morgan fingerprint density at radius 3 is 2.30 bits per heavy atom. The zero-order valence-electron chi connectivity index (χ0n) is 16.2. The molecule has 0 aliphatic rings. The van der Waals surface area contributed by atoms with E-state index in [2.05, 4.69) is 6.58 Å². The van der Waals surface area contributed by atoms with E-state index >= 15 is 0 Å². The number of allylic oxidation sites excluding steroid dienone is 1. The van der Waals surface area contributed by atoms with Gasteiger partial charge in [0.2, 0.25) is 5.82 Å². The van der Waals surface area contributed by atoms with Gasteiger partial charge < -0.3 is 9.84 Å². The van der Waals surface area contributed by atoms with Crippen molar-refractivity contribution in [3.8, 4) is 22.6 Å². The number of phenolic OH excluding ortho intramolecular Hbond substituents is 1. The molecule has 0 amide bonds. The van der Waals surface area contributed by atoms with Crippen LogP contribution in [0.2, 0.25) is 0 Å². The third kappa shape index (κ3) is 5.11. The van der Waals surface area contributed by atoms with E-state index in [-0.39, 0.29) is 11.3 Å². The summed E-state index contributed by atoms with van der Waals surface area (Å²) < 4.78 is 47.0. The molecule has 0 aromatic heterocycles. The van der Waals surface area contributed by atoms with Gasteiger partial charge >= 0.3 is 0 Å². The summed E-state index contributed by atoms with van der Waals surface area (Å²) in [5.74, 6) is -3.33. The smallest absolute Gasteiger partial charge is 0.200 e. The second-order valence-corrected chi connectivity index (χ2v) is 6.68. The van der Waals surface area contributed by atoms with E-state index in [0.29, 0.717) is 12.2 Å². The fraction of sp³-hybridized carbons (Fsp3) is 0.120. The number of halogens is 3. The van der Waals surface area contributed by atoms with E-state index in [0.717, 1.165) is 30.0 Å². The predicted octanol–water partition coefficient (Wildman–Crippen LogP) is 6.99. The van der Waals surface area contributed by atoms with E-state index in [1.165, 1.54) is 18.2 Å². The summed E-state index contributed by atoms with van der Waals surface area (Å²) in [4.78, 5) is 0. The summed E-state index contributed by atoms with van der Waals surface area (Å²) >= 11 is 0. The molecule has 1 N–H and O–H groups in total. The third-order valence-electron chi connectivity index (χ3n) is 4.53. The molecule has 5 heteroatoms. The van der Waals surface area contributed by atoms with Crippen LogP contribution in [0, 0.1) is 17.5 Å². The van der Waals surface area contributed by atoms with Crippen molar-refractivity contribution in [1.29, 1.82) is 0 Å². The van der Waals surface area contributed by atoms with Crippen LogP contribution in [0.1, 0.15) is 24.0 Å². The van der Waals surface area contributed by atoms with Crippen LogP contribution in [0.25, 0.3) is 23.3 Å². The third-order valence-corrected chi connectivity index (χ3v) is 4.53. The molecule has 0 heterocycles. The first-order valence-electron chi connectivity index (χ1n) is 9.48. The van der Waals surface area contributed by atoms with Gasteiger partial charge in [0.15, 0.2) is 23.1 Å². The second-order valence-electron chi connectivity index (χ2n) is 6.68. The highest BCUT2D eigenvalue weighted by atomic mass is 19.2. The van der Waals surface area contributed by atoms with Gasteiger partial charge in [-0.3, -0.25) is 0 Å². The van der Waals surface area contributed by atoms with Crippen LogP contribution in [0.5, 0.6) is 11.5 Å². The Morgan fingerprint density at radius 1 is 0.867 bits per heavy atom. The van der Waals surface area contributed by atoms with Crippen molar-refractivity contribution in [2.24, 2.45) is 0 Å². The molecule has 0 radical (unpaired) electrons. The Hall–Kier alpha value is -3.47. The summed E-state index contributed by atoms with van der Waals surface area (Å²) in [5.41, 5.74) is 2.30. The molecule has 0 bridgehead atoms. The lowest BCUT2D eigenvalue weighted by Crippen LogP contribution is -1.98. The quantitative estimate of drug-likeness (QED) is 0.246. The molecule has 0 aliphatic carbocycles. The van der Waals surface area contributed by atoms with Gasteiger partial charge in [0.05, 0.1) is 6.61 Å². The Kier molecular flexibility index (Phi) is 6.96. The minimum absolute atomic E-state index is 0.0279. The van der Waals surface area contributed by atoms with Gasteiger partial charge in [-0.05, 0) is 53.8 Å². The lowest BCUT2D eigenvalue weighted by atomic mass is 10.0. The number of aromatic hydroxyl groups is 1. The van der Waals surface area contributed by atoms with E-state index in [4.69, 9.17) is 4.74 Å². The predicted molar refractivity (Wildman–Crippen MR) is 114 cm³/mol. The van der Waals surface area contributed by atoms with Crippen LogP contribution >= 0.6 is 0 Å². The standard InChI is InChI=1S/C25H21F3O2/c1-2-3-4-15-30-23-14-12-20(16-21(23)26)18-8-5-17(6-9-18)7-10-19-11-13-22(29)25(28)24(19)27/h2,5-14,16,29H,1,3-4,15H2/b10-7+. The van der Waals surface area contributed by atoms with Crippen LogP contribution in [0.4, 0.5) is 13.2 Å². The largest absolute Gasteiger partial charge is 0.505 e. The molecule has 0 saturated heterocycles. The van der Waals surface area contributed by atoms with Gasteiger partial charge in [0.25, 0.3) is 0 Å². The van der Waals surface area contributed by atoms with Crippen molar-refractivity contribution in [2.45, 2.75) is 12.8 Å². The molecular formula is C25H21F3O2. The molecule has 154 valence electrons. The number of ether oxygens (including phenoxy) is 1. The van der Waals surface area contributed by atoms with Gasteiger partial charge in [-0.25, -0.2) is 8.78 Å². The maximum atomic E-state index is 14.3. The minimum Gasteiger partial charge on any atom is -0.505 e. The number of hydrogen-bond acceptors (Lipinski definition) is 2. The van der Waals surface area contributed by atoms with Crippen molar-refractivity contribution >= 4 is 12.2 Å². The topological polar surface area (TPSA) is 29.5 Å². The average molecular weight is 410 g/mol. The first-order chi connectivity index (χ1) is 14.5. The lowest BCUT2D eigenvalue weighted by molar-refractivity contribution is 0.297. The zero-order chi connectivity index (χ0) is 21.5. The SMILES string of the molecule is C=CCCCOc1ccc(-c2ccc(/C=C/c3ccc(O)c(F)c3F)cc2)cc1F. The number of benzene rings is 3. The summed E-state index contributed by atoms with van der Waals surface area (Å²) in [6.45, 7) is 4.06. The van der Waals surface area contributed by atoms with Crippen molar-refractivity contribution in [3.05, 3.63) is 95.8 Å². The first-order valence-corrected chi connectivity index (χ1v) is 9.48. The molecule has 0 unspecified atom stereocenters. The molecule has 3 aromatic carbocycles. The molecule has 0 aliphatic heterocycles. The van der Waals surface area contributed by atoms with Crippen molar-refractivity contribution in [1.82, 2.24) is 0 Å². The average Bonchev–Trinajstić information content (AvgIpc) is 2.76. The molecule has 0 saturated carbocycles. The normalized spacial score (nSPS) is 11.0. The fourth-order valence-electron chi connectivity index (χ4n) is 2.86. The van der Waals surface area contributed by atoms with Gasteiger partial charge in [-0.2, -0.15) is 4.39 Å². The number of unbranched alkanes of at least 4 members (excludes halogenated alkanes) is 1. The van der Waals surface area contributed by atoms with Crippen LogP contribution in [-0.2, 0) is 0 Å². The highest BCUT2D eigenvalue weighted by Gasteiger charge is 2.10. The Balaban J connectivity index is 1.70. The Morgan fingerprint density at radius 2 is 1.60 bits per heavy atom. The monoisotopic (exact) mass is 410 g/mol. The number of rotatable bonds is 8. The molecule has 0 fully saturated rings. The first kappa shape index (κ1) is 21.2. The van der Waals surface area contributed by atoms with E-state index < -0.39 is 23.2 Å². The van der Waals surface area contributed by atoms with Crippen molar-refractivity contribution in [2.75, 3.05) is 6.61 Å². The molecule has 0 atom stereocenters.